The third-order valence-electron chi connectivity index (χ3n) is 5.47. The van der Waals surface area contributed by atoms with Gasteiger partial charge in [0.1, 0.15) is 23.0 Å². The number of alkyl carbamates (subject to hydrolysis) is 1. The highest BCUT2D eigenvalue weighted by molar-refractivity contribution is 5.92. The van der Waals surface area contributed by atoms with Crippen LogP contribution in [0.4, 0.5) is 4.79 Å². The smallest absolute Gasteiger partial charge is 0.408 e. The average molecular weight is 480 g/mol. The van der Waals surface area contributed by atoms with Crippen LogP contribution in [-0.4, -0.2) is 23.7 Å². The molecule has 186 valence electrons. The van der Waals surface area contributed by atoms with E-state index in [1.165, 1.54) is 0 Å². The van der Waals surface area contributed by atoms with Gasteiger partial charge in [-0.25, -0.2) is 14.4 Å². The summed E-state index contributed by atoms with van der Waals surface area (Å²) < 4.78 is 16.7. The van der Waals surface area contributed by atoms with Gasteiger partial charge in [-0.15, -0.1) is 0 Å². The number of esters is 1. The van der Waals surface area contributed by atoms with E-state index in [0.29, 0.717) is 41.4 Å². The van der Waals surface area contributed by atoms with Crippen LogP contribution in [0.2, 0.25) is 0 Å². The fourth-order valence-electron chi connectivity index (χ4n) is 3.89. The molecule has 0 radical (unpaired) electrons. The van der Waals surface area contributed by atoms with E-state index in [-0.39, 0.29) is 5.75 Å². The number of fused-ring (bicyclic) bond motifs is 1. The third kappa shape index (κ3) is 6.72. The minimum absolute atomic E-state index is 0.285. The summed E-state index contributed by atoms with van der Waals surface area (Å²) in [7, 11) is 0. The second-order valence-corrected chi connectivity index (χ2v) is 9.70. The van der Waals surface area contributed by atoms with Crippen LogP contribution >= 0.6 is 0 Å². The number of aryl methyl sites for hydroxylation is 2. The number of carbonyl (C=O) groups excluding carboxylic acids is 2. The lowest BCUT2D eigenvalue weighted by Crippen LogP contribution is -2.45. The summed E-state index contributed by atoms with van der Waals surface area (Å²) in [6.07, 6.45) is 0.744. The fraction of sp³-hybridized carbons (Fsp3) is 0.393. The summed E-state index contributed by atoms with van der Waals surface area (Å²) in [4.78, 5) is 38.2. The lowest BCUT2D eigenvalue weighted by atomic mass is 9.98. The Balaban J connectivity index is 1.97. The Morgan fingerprint density at radius 3 is 2.40 bits per heavy atom. The summed E-state index contributed by atoms with van der Waals surface area (Å²) in [6, 6.07) is 12.2. The van der Waals surface area contributed by atoms with Gasteiger partial charge in [-0.1, -0.05) is 43.7 Å². The van der Waals surface area contributed by atoms with Crippen molar-refractivity contribution >= 4 is 23.0 Å². The van der Waals surface area contributed by atoms with Gasteiger partial charge >= 0.3 is 17.7 Å². The summed E-state index contributed by atoms with van der Waals surface area (Å²) >= 11 is 0. The zero-order valence-corrected chi connectivity index (χ0v) is 21.2. The molecule has 3 rings (SSSR count). The molecule has 0 aliphatic heterocycles. The van der Waals surface area contributed by atoms with Gasteiger partial charge in [0.2, 0.25) is 0 Å². The van der Waals surface area contributed by atoms with E-state index in [2.05, 4.69) is 5.32 Å². The van der Waals surface area contributed by atoms with Crippen LogP contribution in [0.15, 0.2) is 51.7 Å². The van der Waals surface area contributed by atoms with Crippen molar-refractivity contribution < 1.29 is 23.5 Å². The number of carbonyl (C=O) groups is 2. The van der Waals surface area contributed by atoms with Gasteiger partial charge < -0.3 is 19.2 Å². The number of benzene rings is 2. The topological polar surface area (TPSA) is 94.8 Å². The van der Waals surface area contributed by atoms with Gasteiger partial charge in [0.25, 0.3) is 0 Å². The predicted molar refractivity (Wildman–Crippen MR) is 135 cm³/mol. The molecule has 35 heavy (non-hydrogen) atoms. The number of ether oxygens (including phenoxy) is 2. The minimum Gasteiger partial charge on any atom is -0.444 e. The summed E-state index contributed by atoms with van der Waals surface area (Å²) in [5.74, 6) is -0.326. The maximum absolute atomic E-state index is 13.1. The van der Waals surface area contributed by atoms with Crippen LogP contribution in [0.5, 0.6) is 5.75 Å². The van der Waals surface area contributed by atoms with E-state index in [1.807, 2.05) is 51.1 Å². The van der Waals surface area contributed by atoms with E-state index in [1.54, 1.807) is 32.9 Å². The molecular formula is C28H33NO6. The monoisotopic (exact) mass is 479 g/mol. The standard InChI is InChI=1S/C28H33NO6/c1-7-11-21(29-27(32)35-28(4,5)6)26(31)34-23-15-17(2)14-22-24(23)18(3)20(25(30)33-22)16-19-12-9-8-10-13-19/h8-10,12-15,21H,7,11,16H2,1-6H3,(H,29,32)/t21-/m0/s1. The molecule has 0 saturated heterocycles. The molecule has 3 aromatic rings. The second-order valence-electron chi connectivity index (χ2n) is 9.70. The first kappa shape index (κ1) is 26.0. The Kier molecular flexibility index (Phi) is 7.99. The van der Waals surface area contributed by atoms with Crippen molar-refractivity contribution in [3.63, 3.8) is 0 Å². The molecule has 0 aliphatic rings. The molecule has 1 amide bonds. The molecule has 1 heterocycles. The summed E-state index contributed by atoms with van der Waals surface area (Å²) in [6.45, 7) is 10.8. The van der Waals surface area contributed by atoms with Crippen LogP contribution < -0.4 is 15.7 Å². The van der Waals surface area contributed by atoms with E-state index in [0.717, 1.165) is 11.1 Å². The molecule has 0 fully saturated rings. The first-order valence-corrected chi connectivity index (χ1v) is 11.8. The molecule has 0 spiro atoms. The van der Waals surface area contributed by atoms with E-state index in [4.69, 9.17) is 13.9 Å². The quantitative estimate of drug-likeness (QED) is 0.269. The molecule has 7 nitrogen and oxygen atoms in total. The van der Waals surface area contributed by atoms with Crippen molar-refractivity contribution in [3.8, 4) is 5.75 Å². The highest BCUT2D eigenvalue weighted by Crippen LogP contribution is 2.32. The SMILES string of the molecule is CCC[C@H](NC(=O)OC(C)(C)C)C(=O)Oc1cc(C)cc2oc(=O)c(Cc3ccccc3)c(C)c12. The number of hydrogen-bond acceptors (Lipinski definition) is 6. The van der Waals surface area contributed by atoms with Gasteiger partial charge in [0.05, 0.1) is 5.39 Å². The van der Waals surface area contributed by atoms with Gasteiger partial charge in [0.15, 0.2) is 0 Å². The Bertz CT molecular complexity index is 1270. The van der Waals surface area contributed by atoms with Crippen molar-refractivity contribution in [3.05, 3.63) is 75.1 Å². The molecule has 2 aromatic carbocycles. The summed E-state index contributed by atoms with van der Waals surface area (Å²) in [5.41, 5.74) is 2.16. The number of nitrogens with one attached hydrogen (secondary N) is 1. The molecular weight excluding hydrogens is 446 g/mol. The molecule has 1 atom stereocenters. The number of amides is 1. The predicted octanol–water partition coefficient (Wildman–Crippen LogP) is 5.60. The molecule has 0 unspecified atom stereocenters. The van der Waals surface area contributed by atoms with Crippen molar-refractivity contribution in [1.82, 2.24) is 5.32 Å². The largest absolute Gasteiger partial charge is 0.444 e. The van der Waals surface area contributed by atoms with Gasteiger partial charge in [-0.05, 0) is 69.9 Å². The Hall–Kier alpha value is -3.61. The second kappa shape index (κ2) is 10.8. The van der Waals surface area contributed by atoms with Gasteiger partial charge in [-0.2, -0.15) is 0 Å². The van der Waals surface area contributed by atoms with Gasteiger partial charge in [-0.3, -0.25) is 0 Å². The first-order chi connectivity index (χ1) is 16.5. The van der Waals surface area contributed by atoms with Crippen molar-refractivity contribution in [2.75, 3.05) is 0 Å². The Labute approximate surface area is 205 Å². The highest BCUT2D eigenvalue weighted by Gasteiger charge is 2.27. The Morgan fingerprint density at radius 1 is 1.09 bits per heavy atom. The average Bonchev–Trinajstić information content (AvgIpc) is 2.75. The number of rotatable bonds is 7. The fourth-order valence-corrected chi connectivity index (χ4v) is 3.89. The first-order valence-electron chi connectivity index (χ1n) is 11.8. The normalized spacial score (nSPS) is 12.3. The lowest BCUT2D eigenvalue weighted by Gasteiger charge is -2.23. The maximum Gasteiger partial charge on any atom is 0.408 e. The van der Waals surface area contributed by atoms with Crippen molar-refractivity contribution in [1.29, 1.82) is 0 Å². The lowest BCUT2D eigenvalue weighted by molar-refractivity contribution is -0.136. The van der Waals surface area contributed by atoms with E-state index >= 15 is 0 Å². The highest BCUT2D eigenvalue weighted by atomic mass is 16.6. The Morgan fingerprint density at radius 2 is 1.77 bits per heavy atom. The summed E-state index contributed by atoms with van der Waals surface area (Å²) in [5, 5.41) is 3.17. The number of hydrogen-bond donors (Lipinski definition) is 1. The van der Waals surface area contributed by atoms with Gasteiger partial charge in [0, 0.05) is 12.0 Å². The van der Waals surface area contributed by atoms with Crippen LogP contribution in [0, 0.1) is 13.8 Å². The zero-order chi connectivity index (χ0) is 25.8. The van der Waals surface area contributed by atoms with Crippen molar-refractivity contribution in [2.45, 2.75) is 72.4 Å². The minimum atomic E-state index is -0.884. The molecule has 1 aromatic heterocycles. The van der Waals surface area contributed by atoms with Crippen molar-refractivity contribution in [2.24, 2.45) is 0 Å². The zero-order valence-electron chi connectivity index (χ0n) is 21.2. The molecule has 7 heteroatoms. The third-order valence-corrected chi connectivity index (χ3v) is 5.47. The molecule has 0 saturated carbocycles. The molecule has 0 bridgehead atoms. The molecule has 0 aliphatic carbocycles. The van der Waals surface area contributed by atoms with Crippen LogP contribution in [0.1, 0.15) is 62.8 Å². The van der Waals surface area contributed by atoms with E-state index in [9.17, 15) is 14.4 Å². The van der Waals surface area contributed by atoms with Crippen LogP contribution in [-0.2, 0) is 16.0 Å². The molecule has 1 N–H and O–H groups in total. The van der Waals surface area contributed by atoms with E-state index < -0.39 is 29.3 Å². The maximum atomic E-state index is 13.1. The van der Waals surface area contributed by atoms with Crippen LogP contribution in [0.25, 0.3) is 11.0 Å². The van der Waals surface area contributed by atoms with Crippen LogP contribution in [0.3, 0.4) is 0 Å².